The van der Waals surface area contributed by atoms with Gasteiger partial charge in [0.25, 0.3) is 0 Å². The summed E-state index contributed by atoms with van der Waals surface area (Å²) in [6.07, 6.45) is 4.75. The molecule has 19 heavy (non-hydrogen) atoms. The molecule has 0 N–H and O–H groups in total. The number of carbonyl (C=O) groups excluding carboxylic acids is 2. The van der Waals surface area contributed by atoms with Crippen molar-refractivity contribution < 1.29 is 18.7 Å². The molecule has 0 unspecified atom stereocenters. The fraction of sp³-hybridized carbons (Fsp3) is 0. The Morgan fingerprint density at radius 3 is 2.84 bits per heavy atom. The quantitative estimate of drug-likeness (QED) is 0.372. The highest BCUT2D eigenvalue weighted by atomic mass is 35.5. The van der Waals surface area contributed by atoms with Crippen molar-refractivity contribution in [2.45, 2.75) is 0 Å². The number of ether oxygens (including phenoxy) is 1. The van der Waals surface area contributed by atoms with Crippen molar-refractivity contribution in [3.05, 3.63) is 59.0 Å². The first-order valence-corrected chi connectivity index (χ1v) is 5.75. The lowest BCUT2D eigenvalue weighted by Crippen LogP contribution is -2.05. The molecule has 0 saturated heterocycles. The molecular weight excluding hydrogens is 268 g/mol. The van der Waals surface area contributed by atoms with E-state index in [-0.39, 0.29) is 11.3 Å². The molecule has 2 aromatic rings. The van der Waals surface area contributed by atoms with Crippen LogP contribution in [0, 0.1) is 0 Å². The molecule has 0 radical (unpaired) electrons. The number of hydrogen-bond donors (Lipinski definition) is 0. The van der Waals surface area contributed by atoms with Crippen LogP contribution in [0.3, 0.4) is 0 Å². The second kappa shape index (κ2) is 6.02. The van der Waals surface area contributed by atoms with E-state index in [1.54, 1.807) is 12.1 Å². The van der Waals surface area contributed by atoms with E-state index in [1.807, 2.05) is 0 Å². The molecule has 0 aliphatic carbocycles. The molecule has 4 nitrogen and oxygen atoms in total. The van der Waals surface area contributed by atoms with E-state index in [4.69, 9.17) is 20.8 Å². The Morgan fingerprint density at radius 2 is 2.16 bits per heavy atom. The molecule has 96 valence electrons. The van der Waals surface area contributed by atoms with Gasteiger partial charge in [0, 0.05) is 11.1 Å². The van der Waals surface area contributed by atoms with Crippen molar-refractivity contribution in [1.29, 1.82) is 0 Å². The summed E-state index contributed by atoms with van der Waals surface area (Å²) in [5, 5.41) is 0.396. The van der Waals surface area contributed by atoms with E-state index in [0.717, 1.165) is 0 Å². The van der Waals surface area contributed by atoms with Gasteiger partial charge in [-0.15, -0.1) is 0 Å². The maximum atomic E-state index is 11.6. The molecule has 2 rings (SSSR count). The maximum Gasteiger partial charge on any atom is 0.336 e. The Morgan fingerprint density at radius 1 is 1.32 bits per heavy atom. The van der Waals surface area contributed by atoms with Gasteiger partial charge in [-0.1, -0.05) is 11.6 Å². The van der Waals surface area contributed by atoms with E-state index in [2.05, 4.69) is 0 Å². The van der Waals surface area contributed by atoms with Gasteiger partial charge in [0.15, 0.2) is 6.29 Å². The second-order valence-corrected chi connectivity index (χ2v) is 4.01. The summed E-state index contributed by atoms with van der Waals surface area (Å²) in [6, 6.07) is 7.82. The highest BCUT2D eigenvalue weighted by Crippen LogP contribution is 2.21. The molecule has 0 aliphatic rings. The van der Waals surface area contributed by atoms with Gasteiger partial charge in [0.05, 0.1) is 11.8 Å². The Balaban J connectivity index is 2.09. The summed E-state index contributed by atoms with van der Waals surface area (Å²) < 4.78 is 10.1. The largest absolute Gasteiger partial charge is 0.465 e. The number of rotatable bonds is 4. The SMILES string of the molecule is O=Cc1cc(Cl)ccc1OC(=O)C=Cc1ccco1. The van der Waals surface area contributed by atoms with E-state index in [9.17, 15) is 9.59 Å². The molecule has 0 fully saturated rings. The van der Waals surface area contributed by atoms with Gasteiger partial charge in [0.2, 0.25) is 0 Å². The minimum absolute atomic E-state index is 0.161. The number of halogens is 1. The normalized spacial score (nSPS) is 10.6. The Kier molecular flexibility index (Phi) is 4.15. The van der Waals surface area contributed by atoms with Crippen LogP contribution in [0.2, 0.25) is 5.02 Å². The van der Waals surface area contributed by atoms with E-state index >= 15 is 0 Å². The first-order chi connectivity index (χ1) is 9.19. The van der Waals surface area contributed by atoms with Crippen LogP contribution in [0.25, 0.3) is 6.08 Å². The molecule has 5 heteroatoms. The third-order valence-electron chi connectivity index (χ3n) is 2.24. The lowest BCUT2D eigenvalue weighted by molar-refractivity contribution is -0.128. The van der Waals surface area contributed by atoms with Crippen LogP contribution >= 0.6 is 11.6 Å². The number of aldehydes is 1. The zero-order valence-corrected chi connectivity index (χ0v) is 10.5. The van der Waals surface area contributed by atoms with Crippen LogP contribution in [-0.4, -0.2) is 12.3 Å². The molecule has 0 aliphatic heterocycles. The lowest BCUT2D eigenvalue weighted by atomic mass is 10.2. The minimum atomic E-state index is -0.609. The standard InChI is InChI=1S/C14H9ClO4/c15-11-3-5-13(10(8-11)9-16)19-14(17)6-4-12-2-1-7-18-12/h1-9H. The fourth-order valence-corrected chi connectivity index (χ4v) is 1.56. The molecular formula is C14H9ClO4. The van der Waals surface area contributed by atoms with Gasteiger partial charge in [-0.3, -0.25) is 4.79 Å². The second-order valence-electron chi connectivity index (χ2n) is 3.57. The van der Waals surface area contributed by atoms with Crippen molar-refractivity contribution in [2.24, 2.45) is 0 Å². The van der Waals surface area contributed by atoms with Gasteiger partial charge in [-0.2, -0.15) is 0 Å². The Bertz CT molecular complexity index is 614. The van der Waals surface area contributed by atoms with Crippen LogP contribution in [-0.2, 0) is 4.79 Å². The predicted molar refractivity (Wildman–Crippen MR) is 70.2 cm³/mol. The Hall–Kier alpha value is -2.33. The summed E-state index contributed by atoms with van der Waals surface area (Å²) in [6.45, 7) is 0. The van der Waals surface area contributed by atoms with Crippen molar-refractivity contribution in [2.75, 3.05) is 0 Å². The summed E-state index contributed by atoms with van der Waals surface area (Å²) in [7, 11) is 0. The molecule has 1 aromatic carbocycles. The molecule has 0 saturated carbocycles. The number of esters is 1. The first kappa shape index (κ1) is 13.1. The van der Waals surface area contributed by atoms with E-state index in [0.29, 0.717) is 17.1 Å². The summed E-state index contributed by atoms with van der Waals surface area (Å²) in [5.74, 6) is 0.0824. The van der Waals surface area contributed by atoms with Gasteiger partial charge in [0.1, 0.15) is 11.5 Å². The van der Waals surface area contributed by atoms with Crippen LogP contribution in [0.4, 0.5) is 0 Å². The highest BCUT2D eigenvalue weighted by molar-refractivity contribution is 6.30. The molecule has 0 bridgehead atoms. The topological polar surface area (TPSA) is 56.5 Å². The fourth-order valence-electron chi connectivity index (χ4n) is 1.38. The van der Waals surface area contributed by atoms with Crippen molar-refractivity contribution in [3.8, 4) is 5.75 Å². The monoisotopic (exact) mass is 276 g/mol. The maximum absolute atomic E-state index is 11.6. The van der Waals surface area contributed by atoms with Crippen LogP contribution in [0.5, 0.6) is 5.75 Å². The molecule has 0 amide bonds. The summed E-state index contributed by atoms with van der Waals surface area (Å²) in [5.41, 5.74) is 0.215. The zero-order valence-electron chi connectivity index (χ0n) is 9.71. The van der Waals surface area contributed by atoms with Crippen molar-refractivity contribution in [3.63, 3.8) is 0 Å². The first-order valence-electron chi connectivity index (χ1n) is 5.37. The van der Waals surface area contributed by atoms with Gasteiger partial charge in [-0.25, -0.2) is 4.79 Å². The zero-order chi connectivity index (χ0) is 13.7. The van der Waals surface area contributed by atoms with E-state index in [1.165, 1.54) is 36.6 Å². The van der Waals surface area contributed by atoms with Gasteiger partial charge >= 0.3 is 5.97 Å². The average molecular weight is 277 g/mol. The van der Waals surface area contributed by atoms with Crippen molar-refractivity contribution in [1.82, 2.24) is 0 Å². The summed E-state index contributed by atoms with van der Waals surface area (Å²) in [4.78, 5) is 22.4. The number of benzene rings is 1. The Labute approximate surface area is 114 Å². The number of hydrogen-bond acceptors (Lipinski definition) is 4. The van der Waals surface area contributed by atoms with Gasteiger partial charge in [-0.05, 0) is 36.4 Å². The average Bonchev–Trinajstić information content (AvgIpc) is 2.91. The molecule has 0 spiro atoms. The van der Waals surface area contributed by atoms with E-state index < -0.39 is 5.97 Å². The lowest BCUT2D eigenvalue weighted by Gasteiger charge is -2.04. The predicted octanol–water partition coefficient (Wildman–Crippen LogP) is 3.36. The minimum Gasteiger partial charge on any atom is -0.465 e. The molecule has 1 heterocycles. The number of furan rings is 1. The highest BCUT2D eigenvalue weighted by Gasteiger charge is 2.07. The molecule has 1 aromatic heterocycles. The smallest absolute Gasteiger partial charge is 0.336 e. The third kappa shape index (κ3) is 3.56. The summed E-state index contributed by atoms with van der Waals surface area (Å²) >= 11 is 5.74. The van der Waals surface area contributed by atoms with Crippen molar-refractivity contribution >= 4 is 29.9 Å². The number of carbonyl (C=O) groups is 2. The van der Waals surface area contributed by atoms with Gasteiger partial charge < -0.3 is 9.15 Å². The van der Waals surface area contributed by atoms with Crippen LogP contribution in [0.1, 0.15) is 16.1 Å². The van der Waals surface area contributed by atoms with Crippen LogP contribution in [0.15, 0.2) is 47.1 Å². The van der Waals surface area contributed by atoms with Crippen LogP contribution < -0.4 is 4.74 Å². The molecule has 0 atom stereocenters. The third-order valence-corrected chi connectivity index (χ3v) is 2.47.